The number of rotatable bonds is 4. The number of carbonyl (C=O) groups excluding carboxylic acids is 1. The average Bonchev–Trinajstić information content (AvgIpc) is 3.24. The molecule has 1 aliphatic heterocycles. The van der Waals surface area contributed by atoms with Crippen molar-refractivity contribution in [2.75, 3.05) is 23.3 Å². The van der Waals surface area contributed by atoms with Crippen molar-refractivity contribution in [1.29, 1.82) is 5.26 Å². The third-order valence-corrected chi connectivity index (χ3v) is 4.93. The number of anilines is 2. The Morgan fingerprint density at radius 2 is 2.04 bits per heavy atom. The van der Waals surface area contributed by atoms with Crippen molar-refractivity contribution in [2.24, 2.45) is 0 Å². The van der Waals surface area contributed by atoms with Crippen LogP contribution in [0.5, 0.6) is 0 Å². The van der Waals surface area contributed by atoms with E-state index in [0.29, 0.717) is 11.4 Å². The van der Waals surface area contributed by atoms with E-state index in [-0.39, 0.29) is 5.57 Å². The van der Waals surface area contributed by atoms with Gasteiger partial charge in [0.05, 0.1) is 4.47 Å². The molecule has 134 valence electrons. The molecule has 1 aliphatic rings. The van der Waals surface area contributed by atoms with Gasteiger partial charge in [0.2, 0.25) is 5.88 Å². The van der Waals surface area contributed by atoms with Crippen molar-refractivity contribution in [3.05, 3.63) is 51.2 Å². The van der Waals surface area contributed by atoms with E-state index in [1.54, 1.807) is 6.07 Å². The Bertz CT molecular complexity index is 902. The summed E-state index contributed by atoms with van der Waals surface area (Å²) in [6.07, 6.45) is 3.75. The summed E-state index contributed by atoms with van der Waals surface area (Å²) in [5, 5.41) is 12.2. The number of amides is 1. The second-order valence-corrected chi connectivity index (χ2v) is 7.29. The van der Waals surface area contributed by atoms with Crippen molar-refractivity contribution in [1.82, 2.24) is 0 Å². The molecule has 3 rings (SSSR count). The summed E-state index contributed by atoms with van der Waals surface area (Å²) in [5.41, 5.74) is 2.76. The Kier molecular flexibility index (Phi) is 5.48. The van der Waals surface area contributed by atoms with E-state index in [4.69, 9.17) is 4.42 Å². The van der Waals surface area contributed by atoms with Gasteiger partial charge in [0.25, 0.3) is 5.91 Å². The summed E-state index contributed by atoms with van der Waals surface area (Å²) in [5.74, 6) is 0.779. The predicted molar refractivity (Wildman–Crippen MR) is 106 cm³/mol. The van der Waals surface area contributed by atoms with Crippen molar-refractivity contribution in [2.45, 2.75) is 26.7 Å². The second kappa shape index (κ2) is 7.79. The molecular weight excluding hydrogens is 394 g/mol. The van der Waals surface area contributed by atoms with Gasteiger partial charge in [-0.05, 0) is 54.2 Å². The lowest BCUT2D eigenvalue weighted by Crippen LogP contribution is -2.17. The van der Waals surface area contributed by atoms with Gasteiger partial charge in [-0.2, -0.15) is 5.26 Å². The molecule has 2 aromatic rings. The molecule has 1 saturated heterocycles. The first kappa shape index (κ1) is 18.3. The summed E-state index contributed by atoms with van der Waals surface area (Å²) < 4.78 is 6.67. The maximum atomic E-state index is 12.5. The molecule has 6 heteroatoms. The smallest absolute Gasteiger partial charge is 0.266 e. The van der Waals surface area contributed by atoms with Crippen molar-refractivity contribution >= 4 is 39.5 Å². The molecule has 0 atom stereocenters. The molecule has 1 aromatic heterocycles. The van der Waals surface area contributed by atoms with E-state index in [1.807, 2.05) is 38.1 Å². The lowest BCUT2D eigenvalue weighted by Gasteiger charge is -2.13. The quantitative estimate of drug-likeness (QED) is 0.576. The number of aryl methyl sites for hydroxylation is 2. The molecule has 0 saturated carbocycles. The number of benzene rings is 1. The van der Waals surface area contributed by atoms with Crippen molar-refractivity contribution < 1.29 is 9.21 Å². The lowest BCUT2D eigenvalue weighted by molar-refractivity contribution is -0.112. The number of nitrogens with zero attached hydrogens (tertiary/aromatic N) is 2. The zero-order chi connectivity index (χ0) is 18.7. The van der Waals surface area contributed by atoms with Crippen LogP contribution in [0.3, 0.4) is 0 Å². The number of furan rings is 1. The van der Waals surface area contributed by atoms with Gasteiger partial charge in [-0.25, -0.2) is 0 Å². The van der Waals surface area contributed by atoms with Crippen LogP contribution >= 0.6 is 15.9 Å². The van der Waals surface area contributed by atoms with Crippen molar-refractivity contribution in [3.63, 3.8) is 0 Å². The summed E-state index contributed by atoms with van der Waals surface area (Å²) >= 11 is 3.50. The lowest BCUT2D eigenvalue weighted by atomic mass is 10.1. The van der Waals surface area contributed by atoms with Crippen LogP contribution < -0.4 is 10.2 Å². The summed E-state index contributed by atoms with van der Waals surface area (Å²) in [6, 6.07) is 9.49. The molecule has 1 amide bonds. The molecular formula is C20H20BrN3O2. The zero-order valence-corrected chi connectivity index (χ0v) is 16.4. The molecule has 1 fully saturated rings. The van der Waals surface area contributed by atoms with Gasteiger partial charge in [0.1, 0.15) is 17.4 Å². The number of carbonyl (C=O) groups is 1. The first-order valence-electron chi connectivity index (χ1n) is 8.52. The number of hydrogen-bond donors (Lipinski definition) is 1. The maximum absolute atomic E-state index is 12.5. The molecule has 5 nitrogen and oxygen atoms in total. The number of halogens is 1. The molecule has 0 aliphatic carbocycles. The molecule has 2 heterocycles. The van der Waals surface area contributed by atoms with Gasteiger partial charge < -0.3 is 14.6 Å². The van der Waals surface area contributed by atoms with E-state index < -0.39 is 5.91 Å². The molecule has 1 N–H and O–H groups in total. The van der Waals surface area contributed by atoms with Gasteiger partial charge in [-0.1, -0.05) is 17.7 Å². The van der Waals surface area contributed by atoms with Gasteiger partial charge in [0, 0.05) is 30.9 Å². The fraction of sp³-hybridized carbons (Fsp3) is 0.300. The van der Waals surface area contributed by atoms with Crippen LogP contribution in [0.15, 0.2) is 38.7 Å². The van der Waals surface area contributed by atoms with Gasteiger partial charge in [-0.15, -0.1) is 0 Å². The van der Waals surface area contributed by atoms with Crippen LogP contribution in [-0.4, -0.2) is 19.0 Å². The first-order chi connectivity index (χ1) is 12.5. The number of nitriles is 1. The normalized spacial score (nSPS) is 14.4. The van der Waals surface area contributed by atoms with E-state index in [1.165, 1.54) is 6.08 Å². The topological polar surface area (TPSA) is 69.3 Å². The Balaban J connectivity index is 1.80. The highest BCUT2D eigenvalue weighted by Crippen LogP contribution is 2.33. The molecule has 0 unspecified atom stereocenters. The van der Waals surface area contributed by atoms with Crippen LogP contribution in [0.2, 0.25) is 0 Å². The summed E-state index contributed by atoms with van der Waals surface area (Å²) in [7, 11) is 0. The minimum absolute atomic E-state index is 0.000744. The molecule has 0 bridgehead atoms. The average molecular weight is 414 g/mol. The largest absolute Gasteiger partial charge is 0.440 e. The van der Waals surface area contributed by atoms with Gasteiger partial charge in [0.15, 0.2) is 0 Å². The van der Waals surface area contributed by atoms with Crippen LogP contribution in [0.4, 0.5) is 11.6 Å². The van der Waals surface area contributed by atoms with Crippen molar-refractivity contribution in [3.8, 4) is 6.07 Å². The minimum Gasteiger partial charge on any atom is -0.440 e. The standard InChI is InChI=1S/C20H20BrN3O2/c1-13-5-6-18(14(2)9-13)23-19(25)15(12-22)10-16-11-17(21)20(26-16)24-7-3-4-8-24/h5-6,9-11H,3-4,7-8H2,1-2H3,(H,23,25)/b15-10-. The Hall–Kier alpha value is -2.52. The zero-order valence-electron chi connectivity index (χ0n) is 14.8. The van der Waals surface area contributed by atoms with E-state index in [0.717, 1.165) is 47.4 Å². The van der Waals surface area contributed by atoms with Gasteiger partial charge >= 0.3 is 0 Å². The van der Waals surface area contributed by atoms with Crippen LogP contribution in [-0.2, 0) is 4.79 Å². The fourth-order valence-corrected chi connectivity index (χ4v) is 3.58. The first-order valence-corrected chi connectivity index (χ1v) is 9.32. The SMILES string of the molecule is Cc1ccc(NC(=O)/C(C#N)=C\c2cc(Br)c(N3CCCC3)o2)c(C)c1. The van der Waals surface area contributed by atoms with Crippen LogP contribution in [0.1, 0.15) is 29.7 Å². The predicted octanol–water partition coefficient (Wildman–Crippen LogP) is 4.80. The third-order valence-electron chi connectivity index (χ3n) is 4.36. The molecule has 26 heavy (non-hydrogen) atoms. The second-order valence-electron chi connectivity index (χ2n) is 6.44. The molecule has 0 spiro atoms. The Labute approximate surface area is 161 Å². The Morgan fingerprint density at radius 1 is 1.31 bits per heavy atom. The third kappa shape index (κ3) is 4.00. The highest BCUT2D eigenvalue weighted by Gasteiger charge is 2.20. The van der Waals surface area contributed by atoms with E-state index in [9.17, 15) is 10.1 Å². The monoisotopic (exact) mass is 413 g/mol. The van der Waals surface area contributed by atoms with E-state index in [2.05, 4.69) is 26.1 Å². The number of hydrogen-bond acceptors (Lipinski definition) is 4. The molecule has 1 aromatic carbocycles. The highest BCUT2D eigenvalue weighted by molar-refractivity contribution is 9.10. The molecule has 0 radical (unpaired) electrons. The minimum atomic E-state index is -0.449. The van der Waals surface area contributed by atoms with Crippen LogP contribution in [0.25, 0.3) is 6.08 Å². The highest BCUT2D eigenvalue weighted by atomic mass is 79.9. The summed E-state index contributed by atoms with van der Waals surface area (Å²) in [4.78, 5) is 14.6. The number of nitrogens with one attached hydrogen (secondary N) is 1. The summed E-state index contributed by atoms with van der Waals surface area (Å²) in [6.45, 7) is 5.82. The fourth-order valence-electron chi connectivity index (χ4n) is 3.02. The van der Waals surface area contributed by atoms with E-state index >= 15 is 0 Å². The Morgan fingerprint density at radius 3 is 2.69 bits per heavy atom. The maximum Gasteiger partial charge on any atom is 0.266 e. The van der Waals surface area contributed by atoms with Gasteiger partial charge in [-0.3, -0.25) is 4.79 Å². The van der Waals surface area contributed by atoms with Crippen LogP contribution in [0, 0.1) is 25.2 Å².